The molecule has 0 aliphatic carbocycles. The Morgan fingerprint density at radius 3 is 2.58 bits per heavy atom. The van der Waals surface area contributed by atoms with Crippen molar-refractivity contribution in [3.63, 3.8) is 0 Å². The number of halogens is 1. The molecule has 2 aromatic carbocycles. The number of hydrogen-bond acceptors (Lipinski definition) is 3. The quantitative estimate of drug-likeness (QED) is 0.367. The van der Waals surface area contributed by atoms with Gasteiger partial charge in [0.1, 0.15) is 17.3 Å². The van der Waals surface area contributed by atoms with Crippen molar-refractivity contribution in [2.24, 2.45) is 0 Å². The average molecular weight is 352 g/mol. The first-order valence-electron chi connectivity index (χ1n) is 8.77. The fourth-order valence-electron chi connectivity index (χ4n) is 2.84. The maximum absolute atomic E-state index is 13.9. The van der Waals surface area contributed by atoms with Crippen LogP contribution in [0.3, 0.4) is 0 Å². The lowest BCUT2D eigenvalue weighted by Crippen LogP contribution is -2.01. The molecule has 1 heterocycles. The smallest absolute Gasteiger partial charge is 0.153 e. The molecule has 0 amide bonds. The third-order valence-corrected chi connectivity index (χ3v) is 4.22. The normalized spacial score (nSPS) is 10.7. The highest BCUT2D eigenvalue weighted by Gasteiger charge is 2.14. The molecule has 3 nitrogen and oxygen atoms in total. The van der Waals surface area contributed by atoms with Crippen LogP contribution in [0.4, 0.5) is 4.39 Å². The molecule has 26 heavy (non-hydrogen) atoms. The molecule has 0 atom stereocenters. The molecule has 1 aromatic heterocycles. The van der Waals surface area contributed by atoms with Gasteiger partial charge in [-0.25, -0.2) is 4.39 Å². The molecule has 134 valence electrons. The van der Waals surface area contributed by atoms with Gasteiger partial charge in [-0.1, -0.05) is 30.3 Å². The summed E-state index contributed by atoms with van der Waals surface area (Å²) in [6.45, 7) is 0.488. The largest absolute Gasteiger partial charge is 0.493 e. The second-order valence-electron chi connectivity index (χ2n) is 6.11. The van der Waals surface area contributed by atoms with Crippen LogP contribution in [0.15, 0.2) is 65.3 Å². The molecule has 4 heteroatoms. The third-order valence-electron chi connectivity index (χ3n) is 4.22. The number of hydrogen-bond donors (Lipinski definition) is 0. The predicted octanol–water partition coefficient (Wildman–Crippen LogP) is 5.69. The lowest BCUT2D eigenvalue weighted by atomic mass is 10.1. The average Bonchev–Trinajstić information content (AvgIpc) is 3.20. The lowest BCUT2D eigenvalue weighted by molar-refractivity contribution is 0.112. The summed E-state index contributed by atoms with van der Waals surface area (Å²) in [7, 11) is 0. The minimum absolute atomic E-state index is 0.00777. The Morgan fingerprint density at radius 2 is 1.85 bits per heavy atom. The van der Waals surface area contributed by atoms with Crippen LogP contribution in [0.1, 0.15) is 35.2 Å². The topological polar surface area (TPSA) is 39.4 Å². The summed E-state index contributed by atoms with van der Waals surface area (Å²) >= 11 is 0. The van der Waals surface area contributed by atoms with Crippen molar-refractivity contribution in [2.45, 2.75) is 25.7 Å². The summed E-state index contributed by atoms with van der Waals surface area (Å²) in [5.74, 6) is 0.354. The van der Waals surface area contributed by atoms with Crippen molar-refractivity contribution in [3.05, 3.63) is 77.8 Å². The van der Waals surface area contributed by atoms with Gasteiger partial charge in [0.2, 0.25) is 0 Å². The van der Waals surface area contributed by atoms with E-state index in [1.54, 1.807) is 12.1 Å². The van der Waals surface area contributed by atoms with Gasteiger partial charge in [0.15, 0.2) is 6.29 Å². The summed E-state index contributed by atoms with van der Waals surface area (Å²) < 4.78 is 25.1. The molecular weight excluding hydrogens is 331 g/mol. The number of rotatable bonds is 9. The van der Waals surface area contributed by atoms with E-state index in [0.717, 1.165) is 25.7 Å². The van der Waals surface area contributed by atoms with Gasteiger partial charge in [-0.3, -0.25) is 4.79 Å². The maximum atomic E-state index is 13.9. The number of unbranched alkanes of at least 4 members (excludes halogenated alkanes) is 2. The van der Waals surface area contributed by atoms with Crippen molar-refractivity contribution in [1.29, 1.82) is 0 Å². The van der Waals surface area contributed by atoms with E-state index in [9.17, 15) is 9.18 Å². The third kappa shape index (κ3) is 4.60. The Balaban J connectivity index is 1.55. The van der Waals surface area contributed by atoms with Crippen LogP contribution in [-0.2, 0) is 6.42 Å². The minimum Gasteiger partial charge on any atom is -0.493 e. The van der Waals surface area contributed by atoms with E-state index in [1.807, 2.05) is 18.2 Å². The fourth-order valence-corrected chi connectivity index (χ4v) is 2.84. The van der Waals surface area contributed by atoms with E-state index >= 15 is 0 Å². The molecule has 0 radical (unpaired) electrons. The summed E-state index contributed by atoms with van der Waals surface area (Å²) in [5, 5.41) is 0. The summed E-state index contributed by atoms with van der Waals surface area (Å²) in [5.41, 5.74) is 1.91. The van der Waals surface area contributed by atoms with Crippen LogP contribution in [-0.4, -0.2) is 12.9 Å². The van der Waals surface area contributed by atoms with Gasteiger partial charge in [-0.05, 0) is 49.4 Å². The Labute approximate surface area is 152 Å². The molecule has 0 saturated heterocycles. The summed E-state index contributed by atoms with van der Waals surface area (Å²) in [4.78, 5) is 11.0. The van der Waals surface area contributed by atoms with Crippen molar-refractivity contribution in [2.75, 3.05) is 6.61 Å². The highest BCUT2D eigenvalue weighted by atomic mass is 19.1. The van der Waals surface area contributed by atoms with Crippen LogP contribution >= 0.6 is 0 Å². The van der Waals surface area contributed by atoms with E-state index in [2.05, 4.69) is 12.1 Å². The molecule has 3 aromatic rings. The first-order valence-corrected chi connectivity index (χ1v) is 8.77. The van der Waals surface area contributed by atoms with Crippen molar-refractivity contribution in [3.8, 4) is 17.1 Å². The van der Waals surface area contributed by atoms with Gasteiger partial charge < -0.3 is 9.15 Å². The van der Waals surface area contributed by atoms with Crippen molar-refractivity contribution < 1.29 is 18.3 Å². The van der Waals surface area contributed by atoms with Gasteiger partial charge in [-0.15, -0.1) is 0 Å². The SMILES string of the molecule is O=Cc1cc(-c2ccco2)c(OCCCCCc2ccccc2)cc1F. The monoisotopic (exact) mass is 352 g/mol. The highest BCUT2D eigenvalue weighted by Crippen LogP contribution is 2.32. The second kappa shape index (κ2) is 8.99. The molecular formula is C22H21FO3. The number of carbonyl (C=O) groups excluding carboxylic acids is 1. The Morgan fingerprint density at radius 1 is 1.00 bits per heavy atom. The van der Waals surface area contributed by atoms with Crippen LogP contribution in [0.5, 0.6) is 5.75 Å². The Kier molecular flexibility index (Phi) is 6.20. The zero-order chi connectivity index (χ0) is 18.2. The van der Waals surface area contributed by atoms with E-state index < -0.39 is 5.82 Å². The van der Waals surface area contributed by atoms with E-state index in [1.165, 1.54) is 24.0 Å². The van der Waals surface area contributed by atoms with E-state index in [0.29, 0.717) is 30.0 Å². The van der Waals surface area contributed by atoms with Crippen molar-refractivity contribution in [1.82, 2.24) is 0 Å². The minimum atomic E-state index is -0.589. The van der Waals surface area contributed by atoms with Crippen LogP contribution in [0.2, 0.25) is 0 Å². The maximum Gasteiger partial charge on any atom is 0.153 e. The Bertz CT molecular complexity index is 826. The number of ether oxygens (including phenoxy) is 1. The van der Waals surface area contributed by atoms with E-state index in [-0.39, 0.29) is 5.56 Å². The molecule has 0 saturated carbocycles. The summed E-state index contributed by atoms with van der Waals surface area (Å²) in [6.07, 6.45) is 6.06. The predicted molar refractivity (Wildman–Crippen MR) is 99.0 cm³/mol. The highest BCUT2D eigenvalue weighted by molar-refractivity contribution is 5.80. The van der Waals surface area contributed by atoms with Gasteiger partial charge >= 0.3 is 0 Å². The second-order valence-corrected chi connectivity index (χ2v) is 6.11. The number of aryl methyl sites for hydroxylation is 1. The first kappa shape index (κ1) is 17.9. The molecule has 0 spiro atoms. The van der Waals surface area contributed by atoms with E-state index in [4.69, 9.17) is 9.15 Å². The molecule has 0 fully saturated rings. The van der Waals surface area contributed by atoms with Crippen molar-refractivity contribution >= 4 is 6.29 Å². The van der Waals surface area contributed by atoms with Crippen LogP contribution in [0, 0.1) is 5.82 Å². The number of furan rings is 1. The molecule has 0 bridgehead atoms. The summed E-state index contributed by atoms with van der Waals surface area (Å²) in [6, 6.07) is 16.6. The Hall–Kier alpha value is -2.88. The molecule has 0 aliphatic rings. The standard InChI is InChI=1S/C22H21FO3/c23-20-15-22(19(14-18(20)16-24)21-11-7-13-25-21)26-12-6-2-5-10-17-8-3-1-4-9-17/h1,3-4,7-9,11,13-16H,2,5-6,10,12H2. The van der Waals surface area contributed by atoms with Gasteiger partial charge in [0.05, 0.1) is 24.0 Å². The molecule has 0 aliphatic heterocycles. The van der Waals surface area contributed by atoms with Gasteiger partial charge in [0.25, 0.3) is 0 Å². The van der Waals surface area contributed by atoms with Crippen LogP contribution in [0.25, 0.3) is 11.3 Å². The number of aldehydes is 1. The molecule has 3 rings (SSSR count). The van der Waals surface area contributed by atoms with Crippen LogP contribution < -0.4 is 4.74 Å². The number of carbonyl (C=O) groups is 1. The molecule has 0 N–H and O–H groups in total. The first-order chi connectivity index (χ1) is 12.8. The number of benzene rings is 2. The fraction of sp³-hybridized carbons (Fsp3) is 0.227. The van der Waals surface area contributed by atoms with Gasteiger partial charge in [0, 0.05) is 6.07 Å². The zero-order valence-electron chi connectivity index (χ0n) is 14.5. The zero-order valence-corrected chi connectivity index (χ0v) is 14.5. The van der Waals surface area contributed by atoms with Gasteiger partial charge in [-0.2, -0.15) is 0 Å². The molecule has 0 unspecified atom stereocenters. The lowest BCUT2D eigenvalue weighted by Gasteiger charge is -2.11.